The van der Waals surface area contributed by atoms with Gasteiger partial charge in [-0.1, -0.05) is 0 Å². The van der Waals surface area contributed by atoms with Gasteiger partial charge >= 0.3 is 0 Å². The molecule has 19 heavy (non-hydrogen) atoms. The third kappa shape index (κ3) is 4.48. The van der Waals surface area contributed by atoms with Crippen LogP contribution in [0.25, 0.3) is 0 Å². The van der Waals surface area contributed by atoms with Crippen molar-refractivity contribution >= 4 is 5.91 Å². The Kier molecular flexibility index (Phi) is 5.62. The summed E-state index contributed by atoms with van der Waals surface area (Å²) in [7, 11) is 0. The van der Waals surface area contributed by atoms with Gasteiger partial charge in [-0.2, -0.15) is 5.26 Å². The average molecular weight is 264 g/mol. The van der Waals surface area contributed by atoms with E-state index >= 15 is 0 Å². The van der Waals surface area contributed by atoms with Crippen molar-refractivity contribution in [3.63, 3.8) is 0 Å². The van der Waals surface area contributed by atoms with E-state index in [4.69, 9.17) is 5.26 Å². The topological polar surface area (TPSA) is 50.6 Å². The number of carbonyl (C=O) groups is 1. The molecule has 0 saturated carbocycles. The summed E-state index contributed by atoms with van der Waals surface area (Å²) in [6, 6.07) is 2.19. The van der Waals surface area contributed by atoms with E-state index < -0.39 is 0 Å². The van der Waals surface area contributed by atoms with Gasteiger partial charge in [-0.05, 0) is 25.8 Å². The van der Waals surface area contributed by atoms with Crippen LogP contribution in [-0.4, -0.2) is 73.0 Å². The molecule has 1 amide bonds. The Balaban J connectivity index is 1.63. The maximum atomic E-state index is 12.0. The number of carbonyl (C=O) groups excluding carboxylic acids is 1. The third-order valence-corrected chi connectivity index (χ3v) is 4.05. The zero-order valence-electron chi connectivity index (χ0n) is 11.7. The zero-order valence-corrected chi connectivity index (χ0v) is 11.7. The largest absolute Gasteiger partial charge is 0.342 e. The molecule has 0 radical (unpaired) electrons. The van der Waals surface area contributed by atoms with E-state index in [1.54, 1.807) is 0 Å². The van der Waals surface area contributed by atoms with Crippen LogP contribution >= 0.6 is 0 Å². The van der Waals surface area contributed by atoms with Crippen LogP contribution in [0.3, 0.4) is 0 Å². The Labute approximate surface area is 115 Å². The summed E-state index contributed by atoms with van der Waals surface area (Å²) in [5, 5.41) is 8.52. The lowest BCUT2D eigenvalue weighted by Crippen LogP contribution is -2.49. The quantitative estimate of drug-likeness (QED) is 0.680. The van der Waals surface area contributed by atoms with Crippen molar-refractivity contribution in [1.29, 1.82) is 5.26 Å². The molecule has 0 spiro atoms. The molecule has 5 nitrogen and oxygen atoms in total. The van der Waals surface area contributed by atoms with Crippen LogP contribution in [0.1, 0.15) is 25.7 Å². The van der Waals surface area contributed by atoms with Gasteiger partial charge in [-0.15, -0.1) is 0 Å². The Morgan fingerprint density at radius 3 is 2.26 bits per heavy atom. The molecule has 0 unspecified atom stereocenters. The first-order chi connectivity index (χ1) is 9.29. The lowest BCUT2D eigenvalue weighted by atomic mass is 10.2. The Bertz CT molecular complexity index is 325. The van der Waals surface area contributed by atoms with Crippen molar-refractivity contribution in [2.24, 2.45) is 0 Å². The van der Waals surface area contributed by atoms with E-state index in [2.05, 4.69) is 15.9 Å². The molecule has 2 fully saturated rings. The van der Waals surface area contributed by atoms with Gasteiger partial charge in [0.15, 0.2) is 0 Å². The predicted molar refractivity (Wildman–Crippen MR) is 73.5 cm³/mol. The fourth-order valence-electron chi connectivity index (χ4n) is 2.81. The summed E-state index contributed by atoms with van der Waals surface area (Å²) >= 11 is 0. The third-order valence-electron chi connectivity index (χ3n) is 4.05. The zero-order chi connectivity index (χ0) is 13.5. The molecule has 5 heteroatoms. The fourth-order valence-corrected chi connectivity index (χ4v) is 2.81. The second-order valence-electron chi connectivity index (χ2n) is 5.47. The predicted octanol–water partition coefficient (Wildman–Crippen LogP) is 0.530. The number of rotatable bonds is 5. The van der Waals surface area contributed by atoms with Gasteiger partial charge in [-0.3, -0.25) is 9.69 Å². The van der Waals surface area contributed by atoms with Gasteiger partial charge in [0, 0.05) is 45.7 Å². The average Bonchev–Trinajstić information content (AvgIpc) is 2.95. The van der Waals surface area contributed by atoms with Gasteiger partial charge in [0.2, 0.25) is 5.91 Å². The molecule has 0 aromatic carbocycles. The molecule has 106 valence electrons. The van der Waals surface area contributed by atoms with Gasteiger partial charge in [0.05, 0.1) is 12.6 Å². The standard InChI is InChI=1S/C14H24N4O/c15-5-1-2-6-16-9-11-17(12-10-16)13-14(19)18-7-3-4-8-18/h1-4,6-13H2. The van der Waals surface area contributed by atoms with Crippen LogP contribution in [0.5, 0.6) is 0 Å². The molecule has 2 aliphatic heterocycles. The number of unbranched alkanes of at least 4 members (excludes halogenated alkanes) is 1. The summed E-state index contributed by atoms with van der Waals surface area (Å²) < 4.78 is 0. The highest BCUT2D eigenvalue weighted by Gasteiger charge is 2.23. The molecule has 2 heterocycles. The molecule has 2 aliphatic rings. The highest BCUT2D eigenvalue weighted by atomic mass is 16.2. The minimum absolute atomic E-state index is 0.301. The molecular formula is C14H24N4O. The molecule has 0 aromatic heterocycles. The molecule has 0 atom stereocenters. The van der Waals surface area contributed by atoms with Crippen LogP contribution in [0.2, 0.25) is 0 Å². The molecule has 0 bridgehead atoms. The monoisotopic (exact) mass is 264 g/mol. The molecule has 2 saturated heterocycles. The van der Waals surface area contributed by atoms with E-state index in [1.165, 1.54) is 12.8 Å². The summed E-state index contributed by atoms with van der Waals surface area (Å²) in [5.74, 6) is 0.301. The van der Waals surface area contributed by atoms with Crippen molar-refractivity contribution in [2.45, 2.75) is 25.7 Å². The maximum absolute atomic E-state index is 12.0. The first-order valence-corrected chi connectivity index (χ1v) is 7.39. The Morgan fingerprint density at radius 1 is 1.00 bits per heavy atom. The maximum Gasteiger partial charge on any atom is 0.236 e. The summed E-state index contributed by atoms with van der Waals surface area (Å²) in [6.07, 6.45) is 3.94. The molecule has 0 aromatic rings. The summed E-state index contributed by atoms with van der Waals surface area (Å²) in [5.41, 5.74) is 0. The number of hydrogen-bond acceptors (Lipinski definition) is 4. The smallest absolute Gasteiger partial charge is 0.236 e. The number of nitrogens with zero attached hydrogens (tertiary/aromatic N) is 4. The molecule has 2 rings (SSSR count). The van der Waals surface area contributed by atoms with Crippen LogP contribution in [-0.2, 0) is 4.79 Å². The first-order valence-electron chi connectivity index (χ1n) is 7.39. The van der Waals surface area contributed by atoms with E-state index in [-0.39, 0.29) is 0 Å². The second-order valence-corrected chi connectivity index (χ2v) is 5.47. The van der Waals surface area contributed by atoms with E-state index in [1.807, 2.05) is 4.90 Å². The van der Waals surface area contributed by atoms with Crippen molar-refractivity contribution in [2.75, 3.05) is 52.4 Å². The lowest BCUT2D eigenvalue weighted by Gasteiger charge is -2.34. The SMILES string of the molecule is N#CCCCN1CCN(CC(=O)N2CCCC2)CC1. The minimum Gasteiger partial charge on any atom is -0.342 e. The van der Waals surface area contributed by atoms with Gasteiger partial charge in [0.1, 0.15) is 0 Å². The lowest BCUT2D eigenvalue weighted by molar-refractivity contribution is -0.131. The van der Waals surface area contributed by atoms with E-state index in [9.17, 15) is 4.79 Å². The van der Waals surface area contributed by atoms with Gasteiger partial charge < -0.3 is 9.80 Å². The van der Waals surface area contributed by atoms with Crippen LogP contribution in [0.15, 0.2) is 0 Å². The second kappa shape index (κ2) is 7.46. The Morgan fingerprint density at radius 2 is 1.63 bits per heavy atom. The number of hydrogen-bond donors (Lipinski definition) is 0. The van der Waals surface area contributed by atoms with Crippen LogP contribution < -0.4 is 0 Å². The van der Waals surface area contributed by atoms with Crippen molar-refractivity contribution in [3.8, 4) is 6.07 Å². The number of piperazine rings is 1. The van der Waals surface area contributed by atoms with Crippen LogP contribution in [0.4, 0.5) is 0 Å². The number of amides is 1. The van der Waals surface area contributed by atoms with Gasteiger partial charge in [-0.25, -0.2) is 0 Å². The molecule has 0 aliphatic carbocycles. The Hall–Kier alpha value is -1.12. The minimum atomic E-state index is 0.301. The highest BCUT2D eigenvalue weighted by Crippen LogP contribution is 2.09. The highest BCUT2D eigenvalue weighted by molar-refractivity contribution is 5.78. The number of nitriles is 1. The summed E-state index contributed by atoms with van der Waals surface area (Å²) in [6.45, 7) is 7.52. The van der Waals surface area contributed by atoms with Gasteiger partial charge in [0.25, 0.3) is 0 Å². The fraction of sp³-hybridized carbons (Fsp3) is 0.857. The normalized spacial score (nSPS) is 21.5. The number of likely N-dealkylation sites (tertiary alicyclic amines) is 1. The summed E-state index contributed by atoms with van der Waals surface area (Å²) in [4.78, 5) is 18.7. The molecular weight excluding hydrogens is 240 g/mol. The van der Waals surface area contributed by atoms with Crippen molar-refractivity contribution in [1.82, 2.24) is 14.7 Å². The first kappa shape index (κ1) is 14.3. The van der Waals surface area contributed by atoms with E-state index in [0.717, 1.165) is 52.2 Å². The molecule has 0 N–H and O–H groups in total. The van der Waals surface area contributed by atoms with Crippen molar-refractivity contribution in [3.05, 3.63) is 0 Å². The van der Waals surface area contributed by atoms with E-state index in [0.29, 0.717) is 18.9 Å². The van der Waals surface area contributed by atoms with Crippen LogP contribution in [0, 0.1) is 11.3 Å². The van der Waals surface area contributed by atoms with Crippen molar-refractivity contribution < 1.29 is 4.79 Å².